The summed E-state index contributed by atoms with van der Waals surface area (Å²) >= 11 is 12.2. The van der Waals surface area contributed by atoms with Gasteiger partial charge in [0.1, 0.15) is 5.82 Å². The van der Waals surface area contributed by atoms with E-state index in [2.05, 4.69) is 23.8 Å². The Kier molecular flexibility index (Phi) is 4.50. The first-order valence-corrected chi connectivity index (χ1v) is 6.99. The lowest BCUT2D eigenvalue weighted by molar-refractivity contribution is 0.487. The van der Waals surface area contributed by atoms with Crippen molar-refractivity contribution in [3.63, 3.8) is 0 Å². The van der Waals surface area contributed by atoms with Crippen molar-refractivity contribution < 1.29 is 0 Å². The molecule has 102 valence electrons. The molecule has 2 rings (SSSR count). The van der Waals surface area contributed by atoms with Gasteiger partial charge in [0.05, 0.1) is 21.9 Å². The number of nitrogens with zero attached hydrogens (tertiary/aromatic N) is 1. The van der Waals surface area contributed by atoms with E-state index < -0.39 is 0 Å². The summed E-state index contributed by atoms with van der Waals surface area (Å²) in [5, 5.41) is 1.07. The number of imidazole rings is 1. The standard InChI is InChI=1S/C14H17Cl2N3/c1-8(2)10(6-17)14-18-7-12(19-14)9-4-3-5-11(15)13(9)16/h3-5,7-8,10H,6,17H2,1-2H3,(H,18,19). The van der Waals surface area contributed by atoms with Crippen molar-refractivity contribution in [3.8, 4) is 11.3 Å². The second kappa shape index (κ2) is 5.95. The van der Waals surface area contributed by atoms with Crippen LogP contribution in [0.5, 0.6) is 0 Å². The molecule has 19 heavy (non-hydrogen) atoms. The number of halogens is 2. The molecule has 1 atom stereocenters. The minimum atomic E-state index is 0.215. The van der Waals surface area contributed by atoms with Crippen LogP contribution < -0.4 is 5.73 Å². The van der Waals surface area contributed by atoms with Crippen LogP contribution in [0.2, 0.25) is 10.0 Å². The quantitative estimate of drug-likeness (QED) is 0.893. The van der Waals surface area contributed by atoms with Crippen LogP contribution in [0.25, 0.3) is 11.3 Å². The molecule has 0 spiro atoms. The molecule has 5 heteroatoms. The summed E-state index contributed by atoms with van der Waals surface area (Å²) < 4.78 is 0. The summed E-state index contributed by atoms with van der Waals surface area (Å²) in [6.07, 6.45) is 1.78. The Morgan fingerprint density at radius 1 is 1.32 bits per heavy atom. The SMILES string of the molecule is CC(C)C(CN)c1ncc(-c2cccc(Cl)c2Cl)[nH]1. The molecule has 0 saturated carbocycles. The van der Waals surface area contributed by atoms with E-state index in [9.17, 15) is 0 Å². The Bertz CT molecular complexity index is 564. The highest BCUT2D eigenvalue weighted by atomic mass is 35.5. The summed E-state index contributed by atoms with van der Waals surface area (Å²) in [7, 11) is 0. The molecular formula is C14H17Cl2N3. The molecule has 1 aromatic carbocycles. The molecule has 0 bridgehead atoms. The highest BCUT2D eigenvalue weighted by molar-refractivity contribution is 6.43. The van der Waals surface area contributed by atoms with Crippen LogP contribution in [0.1, 0.15) is 25.6 Å². The first-order chi connectivity index (χ1) is 9.04. The second-order valence-corrected chi connectivity index (χ2v) is 5.65. The molecule has 3 nitrogen and oxygen atoms in total. The van der Waals surface area contributed by atoms with Gasteiger partial charge in [0, 0.05) is 18.0 Å². The number of nitrogens with one attached hydrogen (secondary N) is 1. The first kappa shape index (κ1) is 14.4. The summed E-state index contributed by atoms with van der Waals surface area (Å²) in [4.78, 5) is 7.71. The molecule has 0 saturated heterocycles. The lowest BCUT2D eigenvalue weighted by Crippen LogP contribution is -2.19. The number of rotatable bonds is 4. The minimum Gasteiger partial charge on any atom is -0.342 e. The molecule has 0 aliphatic carbocycles. The first-order valence-electron chi connectivity index (χ1n) is 6.24. The topological polar surface area (TPSA) is 54.7 Å². The lowest BCUT2D eigenvalue weighted by atomic mass is 9.95. The van der Waals surface area contributed by atoms with E-state index in [0.29, 0.717) is 22.5 Å². The van der Waals surface area contributed by atoms with Crippen molar-refractivity contribution in [3.05, 3.63) is 40.3 Å². The van der Waals surface area contributed by atoms with Gasteiger partial charge in [-0.05, 0) is 12.0 Å². The molecule has 0 radical (unpaired) electrons. The van der Waals surface area contributed by atoms with Gasteiger partial charge in [-0.1, -0.05) is 49.2 Å². The Hall–Kier alpha value is -1.03. The fourth-order valence-electron chi connectivity index (χ4n) is 2.07. The molecule has 0 fully saturated rings. The Balaban J connectivity index is 2.38. The van der Waals surface area contributed by atoms with Crippen molar-refractivity contribution in [2.75, 3.05) is 6.54 Å². The molecule has 3 N–H and O–H groups in total. The molecular weight excluding hydrogens is 281 g/mol. The maximum absolute atomic E-state index is 6.21. The molecule has 0 aliphatic rings. The number of hydrogen-bond donors (Lipinski definition) is 2. The zero-order chi connectivity index (χ0) is 14.0. The molecule has 1 aromatic heterocycles. The smallest absolute Gasteiger partial charge is 0.111 e. The van der Waals surface area contributed by atoms with Crippen LogP contribution >= 0.6 is 23.2 Å². The van der Waals surface area contributed by atoms with E-state index in [1.807, 2.05) is 12.1 Å². The molecule has 0 amide bonds. The van der Waals surface area contributed by atoms with Crippen LogP contribution in [0, 0.1) is 5.92 Å². The van der Waals surface area contributed by atoms with Crippen molar-refractivity contribution in [1.29, 1.82) is 0 Å². The van der Waals surface area contributed by atoms with Crippen molar-refractivity contribution in [1.82, 2.24) is 9.97 Å². The Morgan fingerprint density at radius 2 is 2.05 bits per heavy atom. The Labute approximate surface area is 123 Å². The summed E-state index contributed by atoms with van der Waals surface area (Å²) in [6, 6.07) is 5.55. The predicted molar refractivity (Wildman–Crippen MR) is 80.7 cm³/mol. The van der Waals surface area contributed by atoms with E-state index in [4.69, 9.17) is 28.9 Å². The minimum absolute atomic E-state index is 0.215. The van der Waals surface area contributed by atoms with E-state index in [1.54, 1.807) is 12.3 Å². The largest absolute Gasteiger partial charge is 0.342 e. The van der Waals surface area contributed by atoms with Crippen molar-refractivity contribution in [2.45, 2.75) is 19.8 Å². The van der Waals surface area contributed by atoms with Gasteiger partial charge in [0.15, 0.2) is 0 Å². The lowest BCUT2D eigenvalue weighted by Gasteiger charge is -2.15. The number of aromatic nitrogens is 2. The number of hydrogen-bond acceptors (Lipinski definition) is 2. The Morgan fingerprint density at radius 3 is 2.68 bits per heavy atom. The number of H-pyrrole nitrogens is 1. The maximum atomic E-state index is 6.21. The van der Waals surface area contributed by atoms with Gasteiger partial charge in [-0.2, -0.15) is 0 Å². The molecule has 1 heterocycles. The van der Waals surface area contributed by atoms with Gasteiger partial charge in [0.25, 0.3) is 0 Å². The van der Waals surface area contributed by atoms with Gasteiger partial charge < -0.3 is 10.7 Å². The number of aromatic amines is 1. The fourth-order valence-corrected chi connectivity index (χ4v) is 2.48. The number of benzene rings is 1. The van der Waals surface area contributed by atoms with E-state index >= 15 is 0 Å². The van der Waals surface area contributed by atoms with Gasteiger partial charge in [0.2, 0.25) is 0 Å². The third kappa shape index (κ3) is 2.94. The number of nitrogens with two attached hydrogens (primary N) is 1. The van der Waals surface area contributed by atoms with Gasteiger partial charge in [-0.15, -0.1) is 0 Å². The van der Waals surface area contributed by atoms with Crippen LogP contribution in [0.4, 0.5) is 0 Å². The summed E-state index contributed by atoms with van der Waals surface area (Å²) in [5.41, 5.74) is 7.52. The highest BCUT2D eigenvalue weighted by Crippen LogP contribution is 2.33. The average molecular weight is 298 g/mol. The molecule has 1 unspecified atom stereocenters. The molecule has 0 aliphatic heterocycles. The predicted octanol–water partition coefficient (Wildman–Crippen LogP) is 4.08. The summed E-state index contributed by atoms with van der Waals surface area (Å²) in [6.45, 7) is 4.83. The average Bonchev–Trinajstić information content (AvgIpc) is 2.82. The normalized spacial score (nSPS) is 12.9. The second-order valence-electron chi connectivity index (χ2n) is 4.87. The fraction of sp³-hybridized carbons (Fsp3) is 0.357. The van der Waals surface area contributed by atoms with Gasteiger partial charge in [-0.3, -0.25) is 0 Å². The highest BCUT2D eigenvalue weighted by Gasteiger charge is 2.18. The zero-order valence-corrected chi connectivity index (χ0v) is 12.5. The molecule has 2 aromatic rings. The van der Waals surface area contributed by atoms with Gasteiger partial charge >= 0.3 is 0 Å². The van der Waals surface area contributed by atoms with Crippen molar-refractivity contribution >= 4 is 23.2 Å². The third-order valence-corrected chi connectivity index (χ3v) is 4.07. The van der Waals surface area contributed by atoms with Crippen LogP contribution in [0.15, 0.2) is 24.4 Å². The van der Waals surface area contributed by atoms with Crippen LogP contribution in [-0.4, -0.2) is 16.5 Å². The van der Waals surface area contributed by atoms with Crippen molar-refractivity contribution in [2.24, 2.45) is 11.7 Å². The van der Waals surface area contributed by atoms with E-state index in [1.165, 1.54) is 0 Å². The van der Waals surface area contributed by atoms with E-state index in [0.717, 1.165) is 17.1 Å². The maximum Gasteiger partial charge on any atom is 0.111 e. The monoisotopic (exact) mass is 297 g/mol. The van der Waals surface area contributed by atoms with Crippen LogP contribution in [0.3, 0.4) is 0 Å². The third-order valence-electron chi connectivity index (χ3n) is 3.25. The summed E-state index contributed by atoms with van der Waals surface area (Å²) in [5.74, 6) is 1.54. The zero-order valence-electron chi connectivity index (χ0n) is 11.0. The van der Waals surface area contributed by atoms with Crippen LogP contribution in [-0.2, 0) is 0 Å². The van der Waals surface area contributed by atoms with Gasteiger partial charge in [-0.25, -0.2) is 4.98 Å². The van der Waals surface area contributed by atoms with E-state index in [-0.39, 0.29) is 5.92 Å².